The van der Waals surface area contributed by atoms with Gasteiger partial charge in [0, 0.05) is 11.1 Å². The predicted octanol–water partition coefficient (Wildman–Crippen LogP) is 3.34. The third-order valence-electron chi connectivity index (χ3n) is 4.05. The fraction of sp³-hybridized carbons (Fsp3) is 0.150. The molecule has 6 nitrogen and oxygen atoms in total. The van der Waals surface area contributed by atoms with E-state index in [-0.39, 0.29) is 11.5 Å². The van der Waals surface area contributed by atoms with Crippen LogP contribution in [0, 0.1) is 20.8 Å². The van der Waals surface area contributed by atoms with Crippen LogP contribution in [0.25, 0.3) is 11.3 Å². The number of carbonyl (C=O) groups excluding carboxylic acids is 2. The molecule has 0 atom stereocenters. The predicted molar refractivity (Wildman–Crippen MR) is 97.5 cm³/mol. The minimum Gasteiger partial charge on any atom is -0.360 e. The van der Waals surface area contributed by atoms with Crippen molar-refractivity contribution in [2.24, 2.45) is 0 Å². The molecule has 2 N–H and O–H groups in total. The Kier molecular flexibility index (Phi) is 4.84. The molecule has 0 spiro atoms. The molecule has 132 valence electrons. The lowest BCUT2D eigenvalue weighted by Gasteiger charge is -2.10. The zero-order valence-corrected chi connectivity index (χ0v) is 14.8. The highest BCUT2D eigenvalue weighted by atomic mass is 16.5. The van der Waals surface area contributed by atoms with E-state index >= 15 is 0 Å². The van der Waals surface area contributed by atoms with Crippen molar-refractivity contribution in [2.45, 2.75) is 20.8 Å². The van der Waals surface area contributed by atoms with Crippen molar-refractivity contribution in [3.8, 4) is 11.3 Å². The Morgan fingerprint density at radius 1 is 0.923 bits per heavy atom. The molecule has 0 aliphatic carbocycles. The van der Waals surface area contributed by atoms with Crippen LogP contribution in [0.5, 0.6) is 0 Å². The van der Waals surface area contributed by atoms with Gasteiger partial charge in [0.25, 0.3) is 11.8 Å². The fourth-order valence-electron chi connectivity index (χ4n) is 2.74. The number of aryl methyl sites for hydroxylation is 3. The van der Waals surface area contributed by atoms with Crippen molar-refractivity contribution < 1.29 is 14.1 Å². The van der Waals surface area contributed by atoms with Crippen LogP contribution < -0.4 is 10.9 Å². The zero-order chi connectivity index (χ0) is 18.7. The number of nitrogens with zero attached hydrogens (tertiary/aromatic N) is 1. The molecule has 0 radical (unpaired) electrons. The Hall–Kier alpha value is -3.41. The normalized spacial score (nSPS) is 10.4. The number of nitrogens with one attached hydrogen (secondary N) is 2. The van der Waals surface area contributed by atoms with E-state index < -0.39 is 5.91 Å². The Morgan fingerprint density at radius 2 is 1.62 bits per heavy atom. The number of amides is 2. The van der Waals surface area contributed by atoms with E-state index in [1.54, 1.807) is 13.0 Å². The average molecular weight is 349 g/mol. The summed E-state index contributed by atoms with van der Waals surface area (Å²) in [5.74, 6) is -0.492. The van der Waals surface area contributed by atoms with Crippen LogP contribution in [0.15, 0.2) is 53.1 Å². The molecule has 0 bridgehead atoms. The second kappa shape index (κ2) is 7.23. The lowest BCUT2D eigenvalue weighted by molar-refractivity contribution is 0.0845. The monoisotopic (exact) mass is 349 g/mol. The maximum atomic E-state index is 12.6. The van der Waals surface area contributed by atoms with Gasteiger partial charge in [0.05, 0.1) is 0 Å². The zero-order valence-electron chi connectivity index (χ0n) is 14.8. The summed E-state index contributed by atoms with van der Waals surface area (Å²) in [5, 5.41) is 3.97. The van der Waals surface area contributed by atoms with E-state index in [1.165, 1.54) is 0 Å². The van der Waals surface area contributed by atoms with Gasteiger partial charge in [0.1, 0.15) is 17.0 Å². The van der Waals surface area contributed by atoms with Crippen LogP contribution in [0.4, 0.5) is 0 Å². The number of hydrogen-bond acceptors (Lipinski definition) is 4. The van der Waals surface area contributed by atoms with Crippen molar-refractivity contribution in [3.05, 3.63) is 76.5 Å². The summed E-state index contributed by atoms with van der Waals surface area (Å²) in [4.78, 5) is 24.9. The van der Waals surface area contributed by atoms with Gasteiger partial charge < -0.3 is 4.52 Å². The highest BCUT2D eigenvalue weighted by Crippen LogP contribution is 2.24. The summed E-state index contributed by atoms with van der Waals surface area (Å²) in [5.41, 5.74) is 8.77. The summed E-state index contributed by atoms with van der Waals surface area (Å²) in [6.07, 6.45) is 0. The van der Waals surface area contributed by atoms with Crippen molar-refractivity contribution in [1.29, 1.82) is 0 Å². The van der Waals surface area contributed by atoms with Gasteiger partial charge in [0.2, 0.25) is 0 Å². The summed E-state index contributed by atoms with van der Waals surface area (Å²) >= 11 is 0. The maximum absolute atomic E-state index is 12.6. The Morgan fingerprint density at radius 3 is 2.31 bits per heavy atom. The summed E-state index contributed by atoms with van der Waals surface area (Å²) in [7, 11) is 0. The first kappa shape index (κ1) is 17.4. The molecule has 3 rings (SSSR count). The van der Waals surface area contributed by atoms with Crippen LogP contribution in [-0.4, -0.2) is 17.0 Å². The first-order valence-electron chi connectivity index (χ1n) is 8.17. The number of hydrogen-bond donors (Lipinski definition) is 2. The molecule has 1 heterocycles. The Bertz CT molecular complexity index is 962. The van der Waals surface area contributed by atoms with E-state index in [2.05, 4.69) is 16.0 Å². The minimum absolute atomic E-state index is 0.289. The molecule has 2 aromatic carbocycles. The summed E-state index contributed by atoms with van der Waals surface area (Å²) < 4.78 is 5.17. The van der Waals surface area contributed by atoms with E-state index in [9.17, 15) is 9.59 Å². The molecule has 2 amide bonds. The van der Waals surface area contributed by atoms with Crippen LogP contribution >= 0.6 is 0 Å². The summed E-state index contributed by atoms with van der Waals surface area (Å²) in [6.45, 7) is 5.46. The number of carbonyl (C=O) groups is 2. The lowest BCUT2D eigenvalue weighted by Crippen LogP contribution is -2.42. The standard InChI is InChI=1S/C20H19N3O3/c1-12-9-10-16(13(2)11-12)19(24)21-22-20(25)17-14(3)26-23-18(17)15-7-5-4-6-8-15/h4-11H,1-3H3,(H,21,24)(H,22,25). The molecule has 1 aromatic heterocycles. The van der Waals surface area contributed by atoms with Crippen LogP contribution in [0.1, 0.15) is 37.6 Å². The van der Waals surface area contributed by atoms with Crippen molar-refractivity contribution in [3.63, 3.8) is 0 Å². The van der Waals surface area contributed by atoms with Gasteiger partial charge in [0.15, 0.2) is 0 Å². The van der Waals surface area contributed by atoms with Crippen molar-refractivity contribution >= 4 is 11.8 Å². The lowest BCUT2D eigenvalue weighted by atomic mass is 10.1. The fourth-order valence-corrected chi connectivity index (χ4v) is 2.74. The third-order valence-corrected chi connectivity index (χ3v) is 4.05. The highest BCUT2D eigenvalue weighted by molar-refractivity contribution is 6.03. The molecule has 0 unspecified atom stereocenters. The van der Waals surface area contributed by atoms with Crippen LogP contribution in [0.2, 0.25) is 0 Å². The van der Waals surface area contributed by atoms with Gasteiger partial charge in [-0.05, 0) is 32.4 Å². The third kappa shape index (κ3) is 3.49. The number of rotatable bonds is 3. The van der Waals surface area contributed by atoms with E-state index in [1.807, 2.05) is 56.3 Å². The van der Waals surface area contributed by atoms with Gasteiger partial charge in [-0.25, -0.2) is 0 Å². The topological polar surface area (TPSA) is 84.2 Å². The van der Waals surface area contributed by atoms with E-state index in [4.69, 9.17) is 4.52 Å². The van der Waals surface area contributed by atoms with Crippen LogP contribution in [0.3, 0.4) is 0 Å². The van der Waals surface area contributed by atoms with Crippen LogP contribution in [-0.2, 0) is 0 Å². The van der Waals surface area contributed by atoms with Gasteiger partial charge in [-0.2, -0.15) is 0 Å². The van der Waals surface area contributed by atoms with Gasteiger partial charge in [-0.15, -0.1) is 0 Å². The second-order valence-corrected chi connectivity index (χ2v) is 6.06. The molecule has 26 heavy (non-hydrogen) atoms. The quantitative estimate of drug-likeness (QED) is 0.710. The molecule has 0 saturated heterocycles. The molecule has 0 saturated carbocycles. The largest absolute Gasteiger partial charge is 0.360 e. The SMILES string of the molecule is Cc1ccc(C(=O)NNC(=O)c2c(-c3ccccc3)noc2C)c(C)c1. The van der Waals surface area contributed by atoms with E-state index in [0.29, 0.717) is 17.0 Å². The number of benzene rings is 2. The van der Waals surface area contributed by atoms with Crippen molar-refractivity contribution in [2.75, 3.05) is 0 Å². The van der Waals surface area contributed by atoms with Gasteiger partial charge in [-0.3, -0.25) is 20.4 Å². The molecule has 3 aromatic rings. The number of hydrazine groups is 1. The maximum Gasteiger partial charge on any atom is 0.275 e. The molecule has 6 heteroatoms. The first-order chi connectivity index (χ1) is 12.5. The molecule has 0 aliphatic rings. The van der Waals surface area contributed by atoms with Gasteiger partial charge >= 0.3 is 0 Å². The molecule has 0 aliphatic heterocycles. The van der Waals surface area contributed by atoms with Gasteiger partial charge in [-0.1, -0.05) is 53.2 Å². The second-order valence-electron chi connectivity index (χ2n) is 6.06. The Balaban J connectivity index is 1.77. The van der Waals surface area contributed by atoms with E-state index in [0.717, 1.165) is 16.7 Å². The first-order valence-corrected chi connectivity index (χ1v) is 8.17. The Labute approximate surface area is 151 Å². The van der Waals surface area contributed by atoms with Crippen molar-refractivity contribution in [1.82, 2.24) is 16.0 Å². The average Bonchev–Trinajstić information content (AvgIpc) is 3.02. The molecular weight excluding hydrogens is 330 g/mol. The summed E-state index contributed by atoms with van der Waals surface area (Å²) in [6, 6.07) is 14.7. The minimum atomic E-state index is -0.485. The number of aromatic nitrogens is 1. The smallest absolute Gasteiger partial charge is 0.275 e. The molecular formula is C20H19N3O3. The highest BCUT2D eigenvalue weighted by Gasteiger charge is 2.22. The molecule has 0 fully saturated rings.